The molecule has 12 aromatic rings. The van der Waals surface area contributed by atoms with Crippen molar-refractivity contribution in [2.75, 3.05) is 0 Å². The Labute approximate surface area is 369 Å². The molecule has 0 aliphatic heterocycles. The van der Waals surface area contributed by atoms with E-state index >= 15 is 0 Å². The van der Waals surface area contributed by atoms with E-state index in [1.807, 2.05) is 24.3 Å². The van der Waals surface area contributed by atoms with E-state index in [0.717, 1.165) is 141 Å². The Hall–Kier alpha value is -7.00. The Morgan fingerprint density at radius 1 is 0.250 bits per heavy atom. The first-order chi connectivity index (χ1) is 31.0. The van der Waals surface area contributed by atoms with E-state index in [2.05, 4.69) is 109 Å². The zero-order valence-corrected chi connectivity index (χ0v) is 35.0. The molecule has 0 radical (unpaired) electrons. The maximum Gasteiger partial charge on any atom is 0.416 e. The average Bonchev–Trinajstić information content (AvgIpc) is 3.90. The van der Waals surface area contributed by atoms with Crippen LogP contribution in [0.1, 0.15) is 11.1 Å². The van der Waals surface area contributed by atoms with E-state index in [0.29, 0.717) is 0 Å². The minimum atomic E-state index is -4.40. The quantitative estimate of drug-likeness (QED) is 0.122. The molecule has 0 aliphatic carbocycles. The van der Waals surface area contributed by atoms with Crippen molar-refractivity contribution >= 4 is 95.3 Å². The van der Waals surface area contributed by atoms with E-state index in [1.54, 1.807) is 46.9 Å². The zero-order valence-electron chi connectivity index (χ0n) is 33.4. The monoisotopic (exact) mass is 880 g/mol. The van der Waals surface area contributed by atoms with Gasteiger partial charge in [-0.15, -0.1) is 22.7 Å². The fourth-order valence-electron chi connectivity index (χ4n) is 9.52. The number of rotatable bonds is 4. The average molecular weight is 881 g/mol. The van der Waals surface area contributed by atoms with Crippen LogP contribution >= 0.6 is 22.7 Å². The van der Waals surface area contributed by atoms with Gasteiger partial charge in [0.25, 0.3) is 0 Å². The first-order valence-corrected chi connectivity index (χ1v) is 22.3. The van der Waals surface area contributed by atoms with Crippen molar-refractivity contribution in [3.8, 4) is 44.5 Å². The third-order valence-corrected chi connectivity index (χ3v) is 15.1. The molecule has 10 aromatic carbocycles. The highest BCUT2D eigenvalue weighted by Gasteiger charge is 2.31. The third-order valence-electron chi connectivity index (χ3n) is 12.6. The molecule has 0 saturated heterocycles. The molecule has 64 heavy (non-hydrogen) atoms. The molecule has 0 amide bonds. The van der Waals surface area contributed by atoms with Gasteiger partial charge in [0.1, 0.15) is 0 Å². The molecule has 0 aliphatic rings. The van der Waals surface area contributed by atoms with Gasteiger partial charge in [0.2, 0.25) is 0 Å². The topological polar surface area (TPSA) is 0 Å². The summed E-state index contributed by atoms with van der Waals surface area (Å²) in [5, 5.41) is 11.2. The maximum atomic E-state index is 13.4. The van der Waals surface area contributed by atoms with Crippen molar-refractivity contribution in [1.29, 1.82) is 0 Å². The molecule has 2 heterocycles. The summed E-state index contributed by atoms with van der Waals surface area (Å²) in [6, 6.07) is 57.4. The summed E-state index contributed by atoms with van der Waals surface area (Å²) < 4.78 is 84.7. The number of hydrogen-bond donors (Lipinski definition) is 0. The van der Waals surface area contributed by atoms with E-state index in [-0.39, 0.29) is 0 Å². The van der Waals surface area contributed by atoms with Gasteiger partial charge in [0.15, 0.2) is 0 Å². The number of alkyl halides is 6. The Kier molecular flexibility index (Phi) is 8.61. The first kappa shape index (κ1) is 38.7. The second-order valence-corrected chi connectivity index (χ2v) is 18.2. The molecule has 12 rings (SSSR count). The van der Waals surface area contributed by atoms with Crippen LogP contribution in [0.2, 0.25) is 0 Å². The molecule has 0 spiro atoms. The van der Waals surface area contributed by atoms with E-state index in [1.165, 1.54) is 0 Å². The summed E-state index contributed by atoms with van der Waals surface area (Å²) in [5.41, 5.74) is 6.30. The van der Waals surface area contributed by atoms with Crippen LogP contribution in [-0.4, -0.2) is 0 Å². The van der Waals surface area contributed by atoms with Crippen molar-refractivity contribution in [1.82, 2.24) is 0 Å². The van der Waals surface area contributed by atoms with Gasteiger partial charge in [0, 0.05) is 40.3 Å². The minimum Gasteiger partial charge on any atom is -0.166 e. The van der Waals surface area contributed by atoms with Gasteiger partial charge >= 0.3 is 12.4 Å². The van der Waals surface area contributed by atoms with Crippen LogP contribution < -0.4 is 0 Å². The summed E-state index contributed by atoms with van der Waals surface area (Å²) in [4.78, 5) is 0. The minimum absolute atomic E-state index is 0.665. The highest BCUT2D eigenvalue weighted by atomic mass is 32.1. The lowest BCUT2D eigenvalue weighted by Gasteiger charge is -2.14. The first-order valence-electron chi connectivity index (χ1n) is 20.6. The van der Waals surface area contributed by atoms with Crippen molar-refractivity contribution < 1.29 is 26.3 Å². The van der Waals surface area contributed by atoms with E-state index in [9.17, 15) is 26.3 Å². The lowest BCUT2D eigenvalue weighted by atomic mass is 9.90. The number of fused-ring (bicyclic) bond motifs is 12. The van der Waals surface area contributed by atoms with Crippen LogP contribution in [0.3, 0.4) is 0 Å². The lowest BCUT2D eigenvalue weighted by molar-refractivity contribution is -0.138. The Balaban J connectivity index is 0.980. The number of benzene rings is 10. The fraction of sp³-hybridized carbons (Fsp3) is 0.0357. The molecule has 0 atom stereocenters. The molecule has 8 heteroatoms. The summed E-state index contributed by atoms with van der Waals surface area (Å²) in [6.07, 6.45) is -8.80. The molecule has 2 aromatic heterocycles. The Morgan fingerprint density at radius 3 is 0.859 bits per heavy atom. The van der Waals surface area contributed by atoms with Crippen LogP contribution in [-0.2, 0) is 12.4 Å². The molecule has 0 unspecified atom stereocenters. The predicted molar refractivity (Wildman–Crippen MR) is 256 cm³/mol. The summed E-state index contributed by atoms with van der Waals surface area (Å²) in [6.45, 7) is 0. The van der Waals surface area contributed by atoms with Crippen LogP contribution in [0.25, 0.3) is 117 Å². The van der Waals surface area contributed by atoms with Gasteiger partial charge in [-0.1, -0.05) is 146 Å². The van der Waals surface area contributed by atoms with Gasteiger partial charge in [-0.25, -0.2) is 0 Å². The summed E-state index contributed by atoms with van der Waals surface area (Å²) in [7, 11) is 0. The second-order valence-electron chi connectivity index (χ2n) is 16.1. The van der Waals surface area contributed by atoms with Gasteiger partial charge < -0.3 is 0 Å². The highest BCUT2D eigenvalue weighted by Crippen LogP contribution is 2.48. The summed E-state index contributed by atoms with van der Waals surface area (Å²) in [5.74, 6) is 0. The standard InChI is InChI=1S/C56H30F6S2/c57-55(58,59)35-23-17-31(18-24-35)37-9-3-13-45-47-15-5-11-39(53(47)63-51(37)45)33-21-27-43-44-28-22-34(30-50(44)42-8-2-1-7-41(42)49(43)29-33)40-12-6-16-48-46-14-4-10-38(52(46)64-54(40)48)32-19-25-36(26-20-32)56(60,61)62/h1-30H. The van der Waals surface area contributed by atoms with Gasteiger partial charge in [-0.3, -0.25) is 0 Å². The van der Waals surface area contributed by atoms with Crippen molar-refractivity contribution in [2.24, 2.45) is 0 Å². The van der Waals surface area contributed by atoms with Gasteiger partial charge in [-0.2, -0.15) is 26.3 Å². The number of halogens is 6. The molecule has 0 saturated carbocycles. The van der Waals surface area contributed by atoms with Crippen molar-refractivity contribution in [2.45, 2.75) is 12.4 Å². The third kappa shape index (κ3) is 6.11. The molecule has 308 valence electrons. The second kappa shape index (κ2) is 14.3. The molecule has 0 N–H and O–H groups in total. The normalized spacial score (nSPS) is 12.5. The molecular formula is C56H30F6S2. The van der Waals surface area contributed by atoms with Gasteiger partial charge in [-0.05, 0) is 113 Å². The largest absolute Gasteiger partial charge is 0.416 e. The molecule has 0 bridgehead atoms. The number of hydrogen-bond acceptors (Lipinski definition) is 2. The van der Waals surface area contributed by atoms with Crippen LogP contribution in [0.5, 0.6) is 0 Å². The highest BCUT2D eigenvalue weighted by molar-refractivity contribution is 7.27. The van der Waals surface area contributed by atoms with Gasteiger partial charge in [0.05, 0.1) is 11.1 Å². The van der Waals surface area contributed by atoms with Crippen molar-refractivity contribution in [3.63, 3.8) is 0 Å². The van der Waals surface area contributed by atoms with Crippen LogP contribution in [0.4, 0.5) is 26.3 Å². The molecular weight excluding hydrogens is 851 g/mol. The number of thiophene rings is 2. The summed E-state index contributed by atoms with van der Waals surface area (Å²) >= 11 is 3.34. The van der Waals surface area contributed by atoms with Crippen LogP contribution in [0, 0.1) is 0 Å². The molecule has 0 fully saturated rings. The predicted octanol–water partition coefficient (Wildman–Crippen LogP) is 18.6. The smallest absolute Gasteiger partial charge is 0.166 e. The Bertz CT molecular complexity index is 3580. The van der Waals surface area contributed by atoms with Crippen molar-refractivity contribution in [3.05, 3.63) is 193 Å². The van der Waals surface area contributed by atoms with Crippen LogP contribution in [0.15, 0.2) is 182 Å². The maximum absolute atomic E-state index is 13.4. The Morgan fingerprint density at radius 2 is 0.531 bits per heavy atom. The SMILES string of the molecule is FC(F)(F)c1ccc(-c2cccc3c2sc2c(-c4ccc5c6ccc(-c7cccc8c7sc7c(-c9ccc(C(F)(F)F)cc9)cccc78)cc6c6ccccc6c5c4)cccc23)cc1. The van der Waals surface area contributed by atoms with E-state index in [4.69, 9.17) is 0 Å². The van der Waals surface area contributed by atoms with E-state index < -0.39 is 23.5 Å². The fourth-order valence-corrected chi connectivity index (χ4v) is 12.3. The zero-order chi connectivity index (χ0) is 43.5. The molecule has 0 nitrogen and oxygen atoms in total. The lowest BCUT2D eigenvalue weighted by Crippen LogP contribution is -2.03.